The van der Waals surface area contributed by atoms with Crippen LogP contribution in [-0.2, 0) is 14.3 Å². The molecule has 0 unspecified atom stereocenters. The highest BCUT2D eigenvalue weighted by molar-refractivity contribution is 8.26. The predicted molar refractivity (Wildman–Crippen MR) is 134 cm³/mol. The number of nitrogens with one attached hydrogen (secondary N) is 1. The van der Waals surface area contributed by atoms with E-state index in [2.05, 4.69) is 5.32 Å². The van der Waals surface area contributed by atoms with Gasteiger partial charge in [0.15, 0.2) is 0 Å². The van der Waals surface area contributed by atoms with Crippen LogP contribution in [0.3, 0.4) is 0 Å². The van der Waals surface area contributed by atoms with Crippen LogP contribution in [0.1, 0.15) is 19.4 Å². The second-order valence-electron chi connectivity index (χ2n) is 7.77. The molecule has 0 radical (unpaired) electrons. The number of anilines is 1. The van der Waals surface area contributed by atoms with Crippen molar-refractivity contribution in [3.63, 3.8) is 0 Å². The standard InChI is InChI=1S/C24H22FN3O4S2/c1-3-27-22(30)21(34-24(27)33)10-15-4-6-16(7-5-15)19-9-8-17(11-20(19)25)28-13-18(32-23(28)31)12-26-14(2)29/h4-11,18H,3,12-13H2,1-2H3,(H,26,29)/b21-10-/t18-/m0/s1. The van der Waals surface area contributed by atoms with E-state index >= 15 is 0 Å². The summed E-state index contributed by atoms with van der Waals surface area (Å²) in [6.45, 7) is 4.21. The van der Waals surface area contributed by atoms with E-state index in [1.54, 1.807) is 35.2 Å². The summed E-state index contributed by atoms with van der Waals surface area (Å²) in [7, 11) is 0. The minimum absolute atomic E-state index is 0.108. The Labute approximate surface area is 205 Å². The van der Waals surface area contributed by atoms with Gasteiger partial charge in [-0.25, -0.2) is 9.18 Å². The van der Waals surface area contributed by atoms with Crippen molar-refractivity contribution in [2.45, 2.75) is 20.0 Å². The van der Waals surface area contributed by atoms with Gasteiger partial charge < -0.3 is 10.1 Å². The normalized spacial score (nSPS) is 19.2. The summed E-state index contributed by atoms with van der Waals surface area (Å²) >= 11 is 6.50. The fourth-order valence-corrected chi connectivity index (χ4v) is 5.07. The van der Waals surface area contributed by atoms with Crippen LogP contribution in [0.25, 0.3) is 17.2 Å². The lowest BCUT2D eigenvalue weighted by molar-refractivity contribution is -0.122. The number of carbonyl (C=O) groups excluding carboxylic acids is 3. The molecule has 2 heterocycles. The molecule has 34 heavy (non-hydrogen) atoms. The van der Waals surface area contributed by atoms with Crippen LogP contribution < -0.4 is 10.2 Å². The summed E-state index contributed by atoms with van der Waals surface area (Å²) in [5, 5.41) is 2.61. The Morgan fingerprint density at radius 2 is 2.00 bits per heavy atom. The van der Waals surface area contributed by atoms with Crippen molar-refractivity contribution < 1.29 is 23.5 Å². The average Bonchev–Trinajstić information content (AvgIpc) is 3.31. The van der Waals surface area contributed by atoms with Gasteiger partial charge in [-0.3, -0.25) is 19.4 Å². The third-order valence-corrected chi connectivity index (χ3v) is 6.80. The van der Waals surface area contributed by atoms with E-state index < -0.39 is 18.0 Å². The van der Waals surface area contributed by atoms with E-state index in [-0.39, 0.29) is 24.9 Å². The zero-order chi connectivity index (χ0) is 24.4. The molecule has 0 bridgehead atoms. The van der Waals surface area contributed by atoms with Gasteiger partial charge in [0, 0.05) is 19.0 Å². The van der Waals surface area contributed by atoms with Crippen molar-refractivity contribution >= 4 is 58.0 Å². The van der Waals surface area contributed by atoms with Crippen molar-refractivity contribution in [3.8, 4) is 11.1 Å². The van der Waals surface area contributed by atoms with Crippen LogP contribution in [0, 0.1) is 5.82 Å². The molecule has 176 valence electrons. The molecule has 2 fully saturated rings. The fourth-order valence-electron chi connectivity index (χ4n) is 3.69. The molecule has 0 saturated carbocycles. The van der Waals surface area contributed by atoms with Gasteiger partial charge >= 0.3 is 6.09 Å². The zero-order valence-corrected chi connectivity index (χ0v) is 20.2. The Kier molecular flexibility index (Phi) is 6.99. The van der Waals surface area contributed by atoms with Gasteiger partial charge in [0.1, 0.15) is 16.2 Å². The Bertz CT molecular complexity index is 1200. The highest BCUT2D eigenvalue weighted by atomic mass is 32.2. The number of rotatable bonds is 6. The minimum atomic E-state index is -0.583. The first kappa shape index (κ1) is 23.9. The Balaban J connectivity index is 1.48. The summed E-state index contributed by atoms with van der Waals surface area (Å²) in [4.78, 5) is 39.1. The molecular weight excluding hydrogens is 477 g/mol. The molecule has 4 rings (SSSR count). The summed E-state index contributed by atoms with van der Waals surface area (Å²) in [6, 6.07) is 11.7. The number of thioether (sulfide) groups is 1. The summed E-state index contributed by atoms with van der Waals surface area (Å²) in [5.74, 6) is -0.803. The maximum Gasteiger partial charge on any atom is 0.414 e. The molecule has 2 aliphatic heterocycles. The number of likely N-dealkylation sites (N-methyl/N-ethyl adjacent to an activating group) is 1. The molecule has 3 amide bonds. The topological polar surface area (TPSA) is 79.0 Å². The van der Waals surface area contributed by atoms with E-state index in [0.29, 0.717) is 32.6 Å². The molecular formula is C24H22FN3O4S2. The number of benzene rings is 2. The highest BCUT2D eigenvalue weighted by Crippen LogP contribution is 2.33. The Morgan fingerprint density at radius 3 is 2.62 bits per heavy atom. The van der Waals surface area contributed by atoms with Gasteiger partial charge in [-0.05, 0) is 42.3 Å². The average molecular weight is 500 g/mol. The number of nitrogens with zero attached hydrogens (tertiary/aromatic N) is 2. The number of hydrogen-bond donors (Lipinski definition) is 1. The van der Waals surface area contributed by atoms with Crippen LogP contribution in [0.15, 0.2) is 47.4 Å². The van der Waals surface area contributed by atoms with Gasteiger partial charge in [-0.2, -0.15) is 0 Å². The minimum Gasteiger partial charge on any atom is -0.442 e. The van der Waals surface area contributed by atoms with Crippen molar-refractivity contribution in [2.24, 2.45) is 0 Å². The van der Waals surface area contributed by atoms with Gasteiger partial charge in [-0.15, -0.1) is 0 Å². The smallest absolute Gasteiger partial charge is 0.414 e. The van der Waals surface area contributed by atoms with Gasteiger partial charge in [0.2, 0.25) is 5.91 Å². The summed E-state index contributed by atoms with van der Waals surface area (Å²) < 4.78 is 20.7. The molecule has 2 aromatic carbocycles. The highest BCUT2D eigenvalue weighted by Gasteiger charge is 2.33. The lowest BCUT2D eigenvalue weighted by atomic mass is 10.0. The fraction of sp³-hybridized carbons (Fsp3) is 0.250. The van der Waals surface area contributed by atoms with Gasteiger partial charge in [0.05, 0.1) is 23.7 Å². The first-order valence-corrected chi connectivity index (χ1v) is 11.9. The van der Waals surface area contributed by atoms with E-state index in [1.165, 1.54) is 29.7 Å². The van der Waals surface area contributed by atoms with E-state index in [1.807, 2.05) is 19.1 Å². The lowest BCUT2D eigenvalue weighted by Gasteiger charge is -2.14. The molecule has 2 aliphatic rings. The van der Waals surface area contributed by atoms with Crippen molar-refractivity contribution in [1.82, 2.24) is 10.2 Å². The first-order chi connectivity index (χ1) is 16.3. The van der Waals surface area contributed by atoms with Crippen LogP contribution in [-0.4, -0.2) is 52.9 Å². The van der Waals surface area contributed by atoms with Gasteiger partial charge in [-0.1, -0.05) is 48.2 Å². The molecule has 1 N–H and O–H groups in total. The second-order valence-corrected chi connectivity index (χ2v) is 9.44. The maximum absolute atomic E-state index is 15.0. The maximum atomic E-state index is 15.0. The van der Waals surface area contributed by atoms with E-state index in [0.717, 1.165) is 5.56 Å². The SMILES string of the molecule is CCN1C(=O)/C(=C/c2ccc(-c3ccc(N4C[C@H](CNC(C)=O)OC4=O)cc3F)cc2)SC1=S. The number of ether oxygens (including phenoxy) is 1. The second kappa shape index (κ2) is 9.94. The number of thiocarbonyl (C=S) groups is 1. The molecule has 2 aromatic rings. The largest absolute Gasteiger partial charge is 0.442 e. The number of halogens is 1. The van der Waals surface area contributed by atoms with Crippen LogP contribution >= 0.6 is 24.0 Å². The number of amides is 3. The monoisotopic (exact) mass is 499 g/mol. The quantitative estimate of drug-likeness (QED) is 0.475. The number of hydrogen-bond acceptors (Lipinski definition) is 6. The Hall–Kier alpha value is -3.24. The van der Waals surface area contributed by atoms with E-state index in [9.17, 15) is 18.8 Å². The molecule has 1 atom stereocenters. The van der Waals surface area contributed by atoms with Crippen LogP contribution in [0.4, 0.5) is 14.9 Å². The molecule has 0 aliphatic carbocycles. The lowest BCUT2D eigenvalue weighted by Crippen LogP contribution is -2.33. The van der Waals surface area contributed by atoms with Crippen molar-refractivity contribution in [3.05, 3.63) is 58.8 Å². The molecule has 0 spiro atoms. The predicted octanol–water partition coefficient (Wildman–Crippen LogP) is 4.18. The van der Waals surface area contributed by atoms with Crippen LogP contribution in [0.5, 0.6) is 0 Å². The third kappa shape index (κ3) is 4.97. The summed E-state index contributed by atoms with van der Waals surface area (Å²) in [5.41, 5.74) is 2.23. The number of carbonyl (C=O) groups is 3. The Morgan fingerprint density at radius 1 is 1.26 bits per heavy atom. The third-order valence-electron chi connectivity index (χ3n) is 5.43. The molecule has 10 heteroatoms. The first-order valence-electron chi connectivity index (χ1n) is 10.6. The number of cyclic esters (lactones) is 1. The summed E-state index contributed by atoms with van der Waals surface area (Å²) in [6.07, 6.45) is 0.694. The molecule has 0 aromatic heterocycles. The molecule has 7 nitrogen and oxygen atoms in total. The van der Waals surface area contributed by atoms with Crippen molar-refractivity contribution in [1.29, 1.82) is 0 Å². The van der Waals surface area contributed by atoms with Gasteiger partial charge in [0.25, 0.3) is 5.91 Å². The molecule has 2 saturated heterocycles. The van der Waals surface area contributed by atoms with Crippen LogP contribution in [0.2, 0.25) is 0 Å². The zero-order valence-electron chi connectivity index (χ0n) is 18.5. The van der Waals surface area contributed by atoms with E-state index in [4.69, 9.17) is 17.0 Å². The van der Waals surface area contributed by atoms with Crippen molar-refractivity contribution in [2.75, 3.05) is 24.5 Å².